The summed E-state index contributed by atoms with van der Waals surface area (Å²) in [5, 5.41) is 6.60. The van der Waals surface area contributed by atoms with Crippen molar-refractivity contribution in [1.82, 2.24) is 10.6 Å². The molecule has 0 fully saturated rings. The van der Waals surface area contributed by atoms with Crippen LogP contribution in [0.15, 0.2) is 71.1 Å². The van der Waals surface area contributed by atoms with E-state index in [0.717, 1.165) is 22.6 Å². The molecule has 1 aromatic heterocycles. The largest absolute Gasteiger partial charge is 0.459 e. The first-order chi connectivity index (χ1) is 12.6. The molecule has 4 nitrogen and oxygen atoms in total. The highest BCUT2D eigenvalue weighted by molar-refractivity contribution is 7.80. The minimum absolute atomic E-state index is 0.157. The van der Waals surface area contributed by atoms with E-state index in [1.165, 1.54) is 0 Å². The Morgan fingerprint density at radius 2 is 1.73 bits per heavy atom. The summed E-state index contributed by atoms with van der Waals surface area (Å²) in [4.78, 5) is 12.0. The van der Waals surface area contributed by atoms with E-state index in [1.54, 1.807) is 0 Å². The van der Waals surface area contributed by atoms with E-state index in [4.69, 9.17) is 28.2 Å². The Morgan fingerprint density at radius 1 is 1.00 bits per heavy atom. The van der Waals surface area contributed by atoms with Crippen LogP contribution in [0, 0.1) is 0 Å². The van der Waals surface area contributed by atoms with Crippen molar-refractivity contribution in [3.05, 3.63) is 83.1 Å². The van der Waals surface area contributed by atoms with Gasteiger partial charge >= 0.3 is 0 Å². The monoisotopic (exact) mass is 384 g/mol. The third kappa shape index (κ3) is 5.18. The quantitative estimate of drug-likeness (QED) is 0.643. The van der Waals surface area contributed by atoms with Crippen LogP contribution in [0.3, 0.4) is 0 Å². The zero-order chi connectivity index (χ0) is 18.4. The maximum atomic E-state index is 12.0. The van der Waals surface area contributed by atoms with Gasteiger partial charge in [-0.2, -0.15) is 0 Å². The van der Waals surface area contributed by atoms with Crippen molar-refractivity contribution in [2.75, 3.05) is 0 Å². The van der Waals surface area contributed by atoms with Crippen LogP contribution in [0.4, 0.5) is 0 Å². The molecule has 0 aliphatic carbocycles. The van der Waals surface area contributed by atoms with Crippen LogP contribution >= 0.6 is 23.8 Å². The summed E-state index contributed by atoms with van der Waals surface area (Å²) in [6, 6.07) is 20.7. The second kappa shape index (κ2) is 8.65. The Bertz CT molecular complexity index is 892. The molecule has 0 radical (unpaired) electrons. The van der Waals surface area contributed by atoms with Gasteiger partial charge in [-0.15, -0.1) is 0 Å². The van der Waals surface area contributed by atoms with Crippen LogP contribution in [-0.2, 0) is 17.8 Å². The van der Waals surface area contributed by atoms with Crippen LogP contribution in [0.25, 0.3) is 11.3 Å². The molecule has 3 aromatic rings. The van der Waals surface area contributed by atoms with Crippen molar-refractivity contribution in [1.29, 1.82) is 0 Å². The number of hydrogen-bond donors (Lipinski definition) is 2. The number of halogens is 1. The fourth-order valence-corrected chi connectivity index (χ4v) is 2.72. The summed E-state index contributed by atoms with van der Waals surface area (Å²) >= 11 is 11.1. The second-order valence-corrected chi connectivity index (χ2v) is 6.51. The molecule has 26 heavy (non-hydrogen) atoms. The first kappa shape index (κ1) is 18.2. The average Bonchev–Trinajstić information content (AvgIpc) is 3.10. The topological polar surface area (TPSA) is 54.3 Å². The smallest absolute Gasteiger partial charge is 0.230 e. The lowest BCUT2D eigenvalue weighted by Gasteiger charge is -2.08. The molecule has 132 valence electrons. The number of nitrogens with one attached hydrogen (secondary N) is 2. The molecular weight excluding hydrogens is 368 g/mol. The van der Waals surface area contributed by atoms with Gasteiger partial charge in [0.2, 0.25) is 5.91 Å². The Kier molecular flexibility index (Phi) is 6.04. The van der Waals surface area contributed by atoms with Gasteiger partial charge in [-0.25, -0.2) is 0 Å². The summed E-state index contributed by atoms with van der Waals surface area (Å²) in [6.45, 7) is 0.387. The number of rotatable bonds is 5. The van der Waals surface area contributed by atoms with Gasteiger partial charge in [-0.3, -0.25) is 4.79 Å². The Morgan fingerprint density at radius 3 is 2.46 bits per heavy atom. The molecule has 0 aliphatic rings. The highest BCUT2D eigenvalue weighted by atomic mass is 35.5. The molecule has 1 heterocycles. The molecule has 2 N–H and O–H groups in total. The van der Waals surface area contributed by atoms with Gasteiger partial charge in [0.15, 0.2) is 5.11 Å². The van der Waals surface area contributed by atoms with Crippen molar-refractivity contribution in [3.8, 4) is 11.3 Å². The van der Waals surface area contributed by atoms with Crippen LogP contribution in [0.5, 0.6) is 0 Å². The van der Waals surface area contributed by atoms with E-state index in [2.05, 4.69) is 10.6 Å². The zero-order valence-corrected chi connectivity index (χ0v) is 15.4. The van der Waals surface area contributed by atoms with Crippen LogP contribution < -0.4 is 10.6 Å². The normalized spacial score (nSPS) is 10.3. The summed E-state index contributed by atoms with van der Waals surface area (Å²) in [7, 11) is 0. The summed E-state index contributed by atoms with van der Waals surface area (Å²) in [5.74, 6) is 1.31. The van der Waals surface area contributed by atoms with E-state index in [9.17, 15) is 4.79 Å². The molecule has 0 spiro atoms. The third-order valence-electron chi connectivity index (χ3n) is 3.67. The molecule has 0 unspecified atom stereocenters. The summed E-state index contributed by atoms with van der Waals surface area (Å²) in [6.07, 6.45) is 0.282. The molecule has 0 saturated carbocycles. The van der Waals surface area contributed by atoms with E-state index in [-0.39, 0.29) is 17.4 Å². The van der Waals surface area contributed by atoms with E-state index >= 15 is 0 Å². The number of carbonyl (C=O) groups excluding carboxylic acids is 1. The minimum atomic E-state index is -0.157. The van der Waals surface area contributed by atoms with Gasteiger partial charge < -0.3 is 15.1 Å². The van der Waals surface area contributed by atoms with Crippen molar-refractivity contribution in [3.63, 3.8) is 0 Å². The molecular formula is C20H17ClN2O2S. The number of thiocarbonyl (C=S) groups is 1. The molecule has 1 amide bonds. The standard InChI is InChI=1S/C20H17ClN2O2S/c21-16-8-6-15(7-9-16)18-11-10-17(25-18)13-22-20(26)23-19(24)12-14-4-2-1-3-5-14/h1-11H,12-13H2,(H2,22,23,24,26). The van der Waals surface area contributed by atoms with Gasteiger partial charge in [-0.1, -0.05) is 41.9 Å². The lowest BCUT2D eigenvalue weighted by molar-refractivity contribution is -0.119. The van der Waals surface area contributed by atoms with Gasteiger partial charge in [-0.05, 0) is 54.2 Å². The Hall–Kier alpha value is -2.63. The van der Waals surface area contributed by atoms with Gasteiger partial charge in [0.25, 0.3) is 0 Å². The zero-order valence-electron chi connectivity index (χ0n) is 13.9. The number of hydrogen-bond acceptors (Lipinski definition) is 3. The van der Waals surface area contributed by atoms with E-state index in [1.807, 2.05) is 66.7 Å². The minimum Gasteiger partial charge on any atom is -0.459 e. The highest BCUT2D eigenvalue weighted by Crippen LogP contribution is 2.23. The van der Waals surface area contributed by atoms with Gasteiger partial charge in [0.05, 0.1) is 13.0 Å². The fourth-order valence-electron chi connectivity index (χ4n) is 2.41. The lowest BCUT2D eigenvalue weighted by atomic mass is 10.1. The highest BCUT2D eigenvalue weighted by Gasteiger charge is 2.08. The third-order valence-corrected chi connectivity index (χ3v) is 4.17. The molecule has 3 rings (SSSR count). The Labute approximate surface area is 162 Å². The molecule has 6 heteroatoms. The second-order valence-electron chi connectivity index (χ2n) is 5.67. The molecule has 0 aliphatic heterocycles. The van der Waals surface area contributed by atoms with Crippen molar-refractivity contribution >= 4 is 34.8 Å². The number of furan rings is 1. The summed E-state index contributed by atoms with van der Waals surface area (Å²) < 4.78 is 5.78. The first-order valence-corrected chi connectivity index (χ1v) is 8.85. The molecule has 0 atom stereocenters. The van der Waals surface area contributed by atoms with Crippen LogP contribution in [0.1, 0.15) is 11.3 Å². The van der Waals surface area contributed by atoms with Crippen molar-refractivity contribution in [2.45, 2.75) is 13.0 Å². The van der Waals surface area contributed by atoms with Gasteiger partial charge in [0.1, 0.15) is 11.5 Å². The van der Waals surface area contributed by atoms with E-state index in [0.29, 0.717) is 11.6 Å². The Balaban J connectivity index is 1.49. The maximum Gasteiger partial charge on any atom is 0.230 e. The molecule has 0 bridgehead atoms. The number of amides is 1. The first-order valence-electron chi connectivity index (χ1n) is 8.06. The van der Waals surface area contributed by atoms with Crippen molar-refractivity contribution in [2.24, 2.45) is 0 Å². The predicted molar refractivity (Wildman–Crippen MR) is 107 cm³/mol. The molecule has 2 aromatic carbocycles. The van der Waals surface area contributed by atoms with Gasteiger partial charge in [0, 0.05) is 10.6 Å². The molecule has 0 saturated heterocycles. The van der Waals surface area contributed by atoms with E-state index < -0.39 is 0 Å². The summed E-state index contributed by atoms with van der Waals surface area (Å²) in [5.41, 5.74) is 1.88. The SMILES string of the molecule is O=C(Cc1ccccc1)NC(=S)NCc1ccc(-c2ccc(Cl)cc2)o1. The maximum absolute atomic E-state index is 12.0. The predicted octanol–water partition coefficient (Wildman–Crippen LogP) is 4.33. The lowest BCUT2D eigenvalue weighted by Crippen LogP contribution is -2.39. The average molecular weight is 385 g/mol. The van der Waals surface area contributed by atoms with Crippen LogP contribution in [-0.4, -0.2) is 11.0 Å². The van der Waals surface area contributed by atoms with Crippen molar-refractivity contribution < 1.29 is 9.21 Å². The number of carbonyl (C=O) groups is 1. The van der Waals surface area contributed by atoms with Crippen LogP contribution in [0.2, 0.25) is 5.02 Å². The number of benzene rings is 2. The fraction of sp³-hybridized carbons (Fsp3) is 0.100.